The molecule has 196 valence electrons. The third-order valence-corrected chi connectivity index (χ3v) is 9.29. The smallest absolute Gasteiger partial charge is 0.191 e. The Bertz CT molecular complexity index is 1520. The summed E-state index contributed by atoms with van der Waals surface area (Å²) in [7, 11) is 1.99. The maximum absolute atomic E-state index is 13.5. The van der Waals surface area contributed by atoms with Crippen LogP contribution >= 0.6 is 11.3 Å². The molecule has 7 nitrogen and oxygen atoms in total. The van der Waals surface area contributed by atoms with E-state index < -0.39 is 0 Å². The summed E-state index contributed by atoms with van der Waals surface area (Å²) in [4.78, 5) is 9.92. The van der Waals surface area contributed by atoms with Crippen LogP contribution in [-0.2, 0) is 6.42 Å². The zero-order chi connectivity index (χ0) is 26.4. The molecule has 38 heavy (non-hydrogen) atoms. The molecule has 0 radical (unpaired) electrons. The molecule has 1 N–H and O–H groups in total. The highest BCUT2D eigenvalue weighted by Crippen LogP contribution is 2.41. The Kier molecular flexibility index (Phi) is 6.33. The zero-order valence-corrected chi connectivity index (χ0v) is 22.9. The largest absolute Gasteiger partial charge is 0.371 e. The number of nitrogens with zero attached hydrogens (tertiary/aromatic N) is 6. The number of hydrogen-bond acceptors (Lipinski definition) is 7. The van der Waals surface area contributed by atoms with Crippen molar-refractivity contribution in [3.05, 3.63) is 58.5 Å². The second-order valence-electron chi connectivity index (χ2n) is 10.6. The lowest BCUT2D eigenvalue weighted by Crippen LogP contribution is -2.41. The molecule has 2 aliphatic rings. The van der Waals surface area contributed by atoms with Gasteiger partial charge in [0.2, 0.25) is 0 Å². The molecule has 0 bridgehead atoms. The van der Waals surface area contributed by atoms with Gasteiger partial charge in [-0.05, 0) is 81.0 Å². The number of thiazole rings is 1. The molecule has 2 fully saturated rings. The van der Waals surface area contributed by atoms with Gasteiger partial charge < -0.3 is 15.1 Å². The number of anilines is 3. The van der Waals surface area contributed by atoms with E-state index in [9.17, 15) is 9.65 Å². The second-order valence-corrected chi connectivity index (χ2v) is 11.5. The van der Waals surface area contributed by atoms with Gasteiger partial charge in [-0.25, -0.2) is 13.9 Å². The van der Waals surface area contributed by atoms with Crippen molar-refractivity contribution in [3.8, 4) is 17.3 Å². The summed E-state index contributed by atoms with van der Waals surface area (Å²) in [6.07, 6.45) is 4.50. The van der Waals surface area contributed by atoms with Crippen LogP contribution in [0.2, 0.25) is 0 Å². The number of hydrogen-bond donors (Lipinski definition) is 1. The van der Waals surface area contributed by atoms with Crippen LogP contribution in [0.25, 0.3) is 16.8 Å². The second kappa shape index (κ2) is 9.68. The number of nitriles is 1. The molecule has 9 heteroatoms. The molecule has 0 aliphatic carbocycles. The summed E-state index contributed by atoms with van der Waals surface area (Å²) in [5, 5.41) is 19.1. The molecule has 1 aromatic carbocycles. The van der Waals surface area contributed by atoms with Gasteiger partial charge in [-0.2, -0.15) is 10.4 Å². The van der Waals surface area contributed by atoms with Crippen molar-refractivity contribution in [3.63, 3.8) is 0 Å². The summed E-state index contributed by atoms with van der Waals surface area (Å²) < 4.78 is 15.5. The molecule has 6 rings (SSSR count). The third-order valence-electron chi connectivity index (χ3n) is 8.25. The van der Waals surface area contributed by atoms with Crippen molar-refractivity contribution in [2.45, 2.75) is 39.5 Å². The topological polar surface area (TPSA) is 72.5 Å². The average Bonchev–Trinajstić information content (AvgIpc) is 3.66. The van der Waals surface area contributed by atoms with Gasteiger partial charge in [0, 0.05) is 43.6 Å². The van der Waals surface area contributed by atoms with Gasteiger partial charge in [0.15, 0.2) is 5.13 Å². The van der Waals surface area contributed by atoms with Crippen LogP contribution in [0, 0.1) is 29.5 Å². The number of piperidine rings is 1. The zero-order valence-electron chi connectivity index (χ0n) is 22.1. The number of rotatable bonds is 5. The number of aryl methyl sites for hydroxylation is 2. The first-order valence-electron chi connectivity index (χ1n) is 13.3. The molecule has 0 unspecified atom stereocenters. The van der Waals surface area contributed by atoms with Gasteiger partial charge in [0.05, 0.1) is 16.9 Å². The number of benzene rings is 1. The fourth-order valence-electron chi connectivity index (χ4n) is 6.00. The van der Waals surface area contributed by atoms with E-state index in [1.807, 2.05) is 11.6 Å². The molecule has 0 amide bonds. The molecule has 2 saturated heterocycles. The highest BCUT2D eigenvalue weighted by molar-refractivity contribution is 7.16. The Morgan fingerprint density at radius 1 is 1.18 bits per heavy atom. The lowest BCUT2D eigenvalue weighted by Gasteiger charge is -2.40. The van der Waals surface area contributed by atoms with Crippen LogP contribution in [0.15, 0.2) is 36.4 Å². The van der Waals surface area contributed by atoms with Crippen molar-refractivity contribution in [2.75, 3.05) is 43.0 Å². The molecule has 4 aromatic rings. The molecular formula is C29H32FN7S. The predicted octanol–water partition coefficient (Wildman–Crippen LogP) is 5.69. The fraction of sp³-hybridized carbons (Fsp3) is 0.414. The minimum Gasteiger partial charge on any atom is -0.371 e. The van der Waals surface area contributed by atoms with Crippen LogP contribution in [0.1, 0.15) is 42.5 Å². The third kappa shape index (κ3) is 4.22. The van der Waals surface area contributed by atoms with Crippen molar-refractivity contribution in [2.24, 2.45) is 5.41 Å². The highest BCUT2D eigenvalue weighted by Gasteiger charge is 2.37. The molecule has 5 heterocycles. The normalized spacial score (nSPS) is 16.9. The first kappa shape index (κ1) is 24.8. The molecule has 0 saturated carbocycles. The average molecular weight is 530 g/mol. The summed E-state index contributed by atoms with van der Waals surface area (Å²) in [6, 6.07) is 12.9. The predicted molar refractivity (Wildman–Crippen MR) is 151 cm³/mol. The van der Waals surface area contributed by atoms with Crippen LogP contribution < -0.4 is 15.1 Å². The number of nitrogens with one attached hydrogen (secondary N) is 1. The summed E-state index contributed by atoms with van der Waals surface area (Å²) in [5.74, 6) is -0.311. The number of fused-ring (bicyclic) bond motifs is 1. The van der Waals surface area contributed by atoms with E-state index in [0.717, 1.165) is 60.8 Å². The van der Waals surface area contributed by atoms with Crippen molar-refractivity contribution < 1.29 is 4.39 Å². The van der Waals surface area contributed by atoms with E-state index in [0.29, 0.717) is 21.1 Å². The Balaban J connectivity index is 1.38. The summed E-state index contributed by atoms with van der Waals surface area (Å²) in [5.41, 5.74) is 7.14. The van der Waals surface area contributed by atoms with E-state index in [4.69, 9.17) is 10.1 Å². The standard InChI is InChI=1S/C29H32FN7S/c1-4-23-27(35(3)28-33-26(25(17-31)38-28)20-5-7-21(30)8-6-20)24-16-22(15-19(2)37(24)34-23)36-13-10-29(11-14-36)9-12-32-18-29/h5-8,15-16,32H,4,9-14,18H2,1-3H3. The fourth-order valence-corrected chi connectivity index (χ4v) is 6.85. The molecule has 3 aromatic heterocycles. The van der Waals surface area contributed by atoms with Gasteiger partial charge >= 0.3 is 0 Å². The monoisotopic (exact) mass is 529 g/mol. The minimum absolute atomic E-state index is 0.311. The van der Waals surface area contributed by atoms with E-state index >= 15 is 0 Å². The van der Waals surface area contributed by atoms with E-state index in [1.165, 1.54) is 48.4 Å². The van der Waals surface area contributed by atoms with Crippen molar-refractivity contribution in [1.29, 1.82) is 5.26 Å². The van der Waals surface area contributed by atoms with Gasteiger partial charge in [-0.3, -0.25) is 0 Å². The maximum Gasteiger partial charge on any atom is 0.191 e. The minimum atomic E-state index is -0.311. The molecule has 0 atom stereocenters. The van der Waals surface area contributed by atoms with Gasteiger partial charge in [-0.15, -0.1) is 0 Å². The van der Waals surface area contributed by atoms with Gasteiger partial charge in [0.25, 0.3) is 0 Å². The van der Waals surface area contributed by atoms with Gasteiger partial charge in [0.1, 0.15) is 22.5 Å². The van der Waals surface area contributed by atoms with Crippen molar-refractivity contribution in [1.82, 2.24) is 19.9 Å². The first-order valence-corrected chi connectivity index (χ1v) is 14.1. The van der Waals surface area contributed by atoms with Crippen molar-refractivity contribution >= 4 is 33.4 Å². The van der Waals surface area contributed by atoms with Gasteiger partial charge in [-0.1, -0.05) is 18.3 Å². The van der Waals surface area contributed by atoms with Crippen LogP contribution in [0.3, 0.4) is 0 Å². The van der Waals surface area contributed by atoms with Crippen LogP contribution in [-0.4, -0.2) is 47.8 Å². The van der Waals surface area contributed by atoms with E-state index in [2.05, 4.69) is 47.2 Å². The summed E-state index contributed by atoms with van der Waals surface area (Å²) in [6.45, 7) is 8.65. The molecule has 2 aliphatic heterocycles. The Hall–Kier alpha value is -3.48. The SMILES string of the molecule is CCc1nn2c(C)cc(N3CCC4(CCNC4)CC3)cc2c1N(C)c1nc(-c2ccc(F)cc2)c(C#N)s1. The number of aromatic nitrogens is 3. The Morgan fingerprint density at radius 2 is 1.95 bits per heavy atom. The Labute approximate surface area is 226 Å². The highest BCUT2D eigenvalue weighted by atomic mass is 32.1. The Morgan fingerprint density at radius 3 is 2.61 bits per heavy atom. The first-order chi connectivity index (χ1) is 18.4. The molecular weight excluding hydrogens is 497 g/mol. The van der Waals surface area contributed by atoms with Crippen LogP contribution in [0.4, 0.5) is 20.9 Å². The van der Waals surface area contributed by atoms with E-state index in [1.54, 1.807) is 12.1 Å². The number of halogens is 1. The molecule has 1 spiro atoms. The quantitative estimate of drug-likeness (QED) is 0.358. The number of pyridine rings is 1. The lowest BCUT2D eigenvalue weighted by atomic mass is 9.78. The van der Waals surface area contributed by atoms with E-state index in [-0.39, 0.29) is 5.82 Å². The summed E-state index contributed by atoms with van der Waals surface area (Å²) >= 11 is 1.35. The van der Waals surface area contributed by atoms with Crippen LogP contribution in [0.5, 0.6) is 0 Å². The maximum atomic E-state index is 13.5. The lowest BCUT2D eigenvalue weighted by molar-refractivity contribution is 0.247.